The van der Waals surface area contributed by atoms with Crippen molar-refractivity contribution in [1.82, 2.24) is 4.90 Å². The molecule has 0 aromatic rings. The minimum Gasteiger partial charge on any atom is -0.469 e. The molecule has 100 valence electrons. The molecule has 4 nitrogen and oxygen atoms in total. The molecule has 0 amide bonds. The molecule has 1 fully saturated rings. The van der Waals surface area contributed by atoms with Crippen LogP contribution in [0.25, 0.3) is 0 Å². The van der Waals surface area contributed by atoms with E-state index in [1.807, 2.05) is 6.92 Å². The number of likely N-dealkylation sites (tertiary alicyclic amines) is 1. The zero-order chi connectivity index (χ0) is 12.8. The average molecular weight is 243 g/mol. The van der Waals surface area contributed by atoms with Crippen molar-refractivity contribution in [3.05, 3.63) is 0 Å². The average Bonchev–Trinajstić information content (AvgIpc) is 2.37. The summed E-state index contributed by atoms with van der Waals surface area (Å²) >= 11 is 0. The molecule has 0 aromatic carbocycles. The summed E-state index contributed by atoms with van der Waals surface area (Å²) in [6.07, 6.45) is 2.32. The van der Waals surface area contributed by atoms with E-state index in [1.54, 1.807) is 7.11 Å². The van der Waals surface area contributed by atoms with Crippen LogP contribution in [0.15, 0.2) is 0 Å². The number of ether oxygens (including phenoxy) is 2. The lowest BCUT2D eigenvalue weighted by atomic mass is 9.94. The molecular weight excluding hydrogens is 218 g/mol. The number of methoxy groups -OCH3 is 2. The van der Waals surface area contributed by atoms with Crippen LogP contribution in [0, 0.1) is 11.8 Å². The monoisotopic (exact) mass is 243 g/mol. The SMILES string of the molecule is COCC1CCN(C(C)C(C)C(=O)OC)CC1. The molecule has 1 aliphatic heterocycles. The smallest absolute Gasteiger partial charge is 0.309 e. The van der Waals surface area contributed by atoms with E-state index in [9.17, 15) is 4.79 Å². The Morgan fingerprint density at radius 1 is 1.29 bits per heavy atom. The lowest BCUT2D eigenvalue weighted by Crippen LogP contribution is -2.45. The molecule has 0 saturated carbocycles. The number of carbonyl (C=O) groups is 1. The molecule has 2 unspecified atom stereocenters. The minimum absolute atomic E-state index is 0.0565. The van der Waals surface area contributed by atoms with Crippen molar-refractivity contribution in [2.24, 2.45) is 11.8 Å². The Labute approximate surface area is 104 Å². The molecule has 0 aliphatic carbocycles. The number of hydrogen-bond donors (Lipinski definition) is 0. The highest BCUT2D eigenvalue weighted by Gasteiger charge is 2.29. The van der Waals surface area contributed by atoms with E-state index < -0.39 is 0 Å². The topological polar surface area (TPSA) is 38.8 Å². The fourth-order valence-electron chi connectivity index (χ4n) is 2.46. The first kappa shape index (κ1) is 14.5. The van der Waals surface area contributed by atoms with Crippen molar-refractivity contribution in [2.75, 3.05) is 33.9 Å². The van der Waals surface area contributed by atoms with Crippen LogP contribution in [0.1, 0.15) is 26.7 Å². The van der Waals surface area contributed by atoms with Gasteiger partial charge in [-0.2, -0.15) is 0 Å². The van der Waals surface area contributed by atoms with E-state index in [4.69, 9.17) is 9.47 Å². The van der Waals surface area contributed by atoms with Gasteiger partial charge in [0.05, 0.1) is 13.0 Å². The summed E-state index contributed by atoms with van der Waals surface area (Å²) in [7, 11) is 3.21. The summed E-state index contributed by atoms with van der Waals surface area (Å²) in [5.74, 6) is 0.507. The van der Waals surface area contributed by atoms with Crippen molar-refractivity contribution in [2.45, 2.75) is 32.7 Å². The second-order valence-corrected chi connectivity index (χ2v) is 4.99. The van der Waals surface area contributed by atoms with Gasteiger partial charge in [0, 0.05) is 19.8 Å². The van der Waals surface area contributed by atoms with Crippen molar-refractivity contribution in [1.29, 1.82) is 0 Å². The normalized spacial score (nSPS) is 22.1. The molecule has 0 bridgehead atoms. The highest BCUT2D eigenvalue weighted by Crippen LogP contribution is 2.22. The first-order chi connectivity index (χ1) is 8.10. The third kappa shape index (κ3) is 3.96. The maximum absolute atomic E-state index is 11.5. The lowest BCUT2D eigenvalue weighted by Gasteiger charge is -2.37. The predicted octanol–water partition coefficient (Wildman–Crippen LogP) is 1.54. The molecule has 1 rings (SSSR count). The summed E-state index contributed by atoms with van der Waals surface area (Å²) < 4.78 is 9.99. The van der Waals surface area contributed by atoms with Gasteiger partial charge in [0.15, 0.2) is 0 Å². The predicted molar refractivity (Wildman–Crippen MR) is 66.8 cm³/mol. The van der Waals surface area contributed by atoms with Gasteiger partial charge in [0.2, 0.25) is 0 Å². The van der Waals surface area contributed by atoms with Gasteiger partial charge in [-0.1, -0.05) is 6.92 Å². The largest absolute Gasteiger partial charge is 0.469 e. The molecule has 0 radical (unpaired) electrons. The molecule has 1 aliphatic rings. The van der Waals surface area contributed by atoms with Gasteiger partial charge in [-0.15, -0.1) is 0 Å². The molecule has 1 saturated heterocycles. The van der Waals surface area contributed by atoms with Crippen molar-refractivity contribution in [3.8, 4) is 0 Å². The summed E-state index contributed by atoms with van der Waals surface area (Å²) in [6.45, 7) is 7.01. The van der Waals surface area contributed by atoms with Crippen LogP contribution in [0.3, 0.4) is 0 Å². The maximum atomic E-state index is 11.5. The molecule has 17 heavy (non-hydrogen) atoms. The minimum atomic E-state index is -0.114. The van der Waals surface area contributed by atoms with E-state index in [2.05, 4.69) is 11.8 Å². The Kier molecular flexibility index (Phi) is 5.92. The van der Waals surface area contributed by atoms with E-state index in [0.29, 0.717) is 5.92 Å². The summed E-state index contributed by atoms with van der Waals surface area (Å²) in [6, 6.07) is 0.256. The summed E-state index contributed by atoms with van der Waals surface area (Å²) in [4.78, 5) is 13.9. The second kappa shape index (κ2) is 6.97. The first-order valence-corrected chi connectivity index (χ1v) is 6.41. The van der Waals surface area contributed by atoms with Crippen LogP contribution in [-0.2, 0) is 14.3 Å². The van der Waals surface area contributed by atoms with E-state index in [-0.39, 0.29) is 17.9 Å². The van der Waals surface area contributed by atoms with Crippen LogP contribution >= 0.6 is 0 Å². The van der Waals surface area contributed by atoms with Crippen molar-refractivity contribution in [3.63, 3.8) is 0 Å². The third-order valence-corrected chi connectivity index (χ3v) is 3.92. The van der Waals surface area contributed by atoms with E-state index >= 15 is 0 Å². The summed E-state index contributed by atoms with van der Waals surface area (Å²) in [5, 5.41) is 0. The molecule has 1 heterocycles. The standard InChI is InChI=1S/C13H25NO3/c1-10(13(15)17-4)11(2)14-7-5-12(6-8-14)9-16-3/h10-12H,5-9H2,1-4H3. The van der Waals surface area contributed by atoms with Crippen molar-refractivity contribution >= 4 is 5.97 Å². The molecule has 0 aromatic heterocycles. The first-order valence-electron chi connectivity index (χ1n) is 6.41. The Balaban J connectivity index is 2.40. The Morgan fingerprint density at radius 2 is 1.88 bits per heavy atom. The van der Waals surface area contributed by atoms with Gasteiger partial charge in [-0.25, -0.2) is 0 Å². The Hall–Kier alpha value is -0.610. The second-order valence-electron chi connectivity index (χ2n) is 4.99. The molecular formula is C13H25NO3. The van der Waals surface area contributed by atoms with Crippen LogP contribution in [-0.4, -0.2) is 50.8 Å². The van der Waals surface area contributed by atoms with Crippen LogP contribution in [0.4, 0.5) is 0 Å². The third-order valence-electron chi connectivity index (χ3n) is 3.92. The number of esters is 1. The van der Waals surface area contributed by atoms with Crippen LogP contribution in [0.2, 0.25) is 0 Å². The highest BCUT2D eigenvalue weighted by atomic mass is 16.5. The zero-order valence-electron chi connectivity index (χ0n) is 11.4. The van der Waals surface area contributed by atoms with Gasteiger partial charge >= 0.3 is 5.97 Å². The van der Waals surface area contributed by atoms with Gasteiger partial charge in [-0.05, 0) is 38.8 Å². The van der Waals surface area contributed by atoms with Gasteiger partial charge in [0.25, 0.3) is 0 Å². The molecule has 4 heteroatoms. The van der Waals surface area contributed by atoms with Gasteiger partial charge in [0.1, 0.15) is 0 Å². The van der Waals surface area contributed by atoms with Gasteiger partial charge < -0.3 is 9.47 Å². The maximum Gasteiger partial charge on any atom is 0.309 e. The molecule has 0 N–H and O–H groups in total. The fourth-order valence-corrected chi connectivity index (χ4v) is 2.46. The fraction of sp³-hybridized carbons (Fsp3) is 0.923. The van der Waals surface area contributed by atoms with Crippen molar-refractivity contribution < 1.29 is 14.3 Å². The van der Waals surface area contributed by atoms with Gasteiger partial charge in [-0.3, -0.25) is 9.69 Å². The van der Waals surface area contributed by atoms with Crippen LogP contribution in [0.5, 0.6) is 0 Å². The number of nitrogens with zero attached hydrogens (tertiary/aromatic N) is 1. The number of carbonyl (C=O) groups excluding carboxylic acids is 1. The Morgan fingerprint density at radius 3 is 2.35 bits per heavy atom. The number of rotatable bonds is 5. The quantitative estimate of drug-likeness (QED) is 0.687. The summed E-state index contributed by atoms with van der Waals surface area (Å²) in [5.41, 5.74) is 0. The number of piperidine rings is 1. The Bertz CT molecular complexity index is 237. The highest BCUT2D eigenvalue weighted by molar-refractivity contribution is 5.72. The number of hydrogen-bond acceptors (Lipinski definition) is 4. The van der Waals surface area contributed by atoms with Crippen LogP contribution < -0.4 is 0 Å². The van der Waals surface area contributed by atoms with E-state index in [1.165, 1.54) is 7.11 Å². The lowest BCUT2D eigenvalue weighted by molar-refractivity contribution is -0.147. The zero-order valence-corrected chi connectivity index (χ0v) is 11.4. The molecule has 2 atom stereocenters. The molecule has 0 spiro atoms. The van der Waals surface area contributed by atoms with E-state index in [0.717, 1.165) is 32.5 Å².